The Morgan fingerprint density at radius 2 is 1.78 bits per heavy atom. The normalized spacial score (nSPS) is 20.4. The Balaban J connectivity index is 1.76. The molecule has 4 atom stereocenters. The predicted molar refractivity (Wildman–Crippen MR) is 193 cm³/mol. The number of aromatic nitrogens is 4. The van der Waals surface area contributed by atoms with Crippen molar-refractivity contribution < 1.29 is 23.1 Å². The Hall–Kier alpha value is -1.52. The Bertz CT molecular complexity index is 1290. The summed E-state index contributed by atoms with van der Waals surface area (Å²) < 4.78 is 27.9. The minimum absolute atomic E-state index is 0.0601. The quantitative estimate of drug-likeness (QED) is 0.0793. The van der Waals surface area contributed by atoms with E-state index in [2.05, 4.69) is 91.5 Å². The van der Waals surface area contributed by atoms with Crippen molar-refractivity contribution >= 4 is 51.5 Å². The number of carbonyl (C=O) groups excluding carboxylic acids is 1. The molecule has 2 N–H and O–H groups in total. The molecule has 1 aliphatic rings. The number of nitrogens with two attached hydrogens (primary N) is 1. The number of fused-ring (bicyclic) bond motifs is 1. The highest BCUT2D eigenvalue weighted by molar-refractivity contribution is 7.99. The molecule has 1 fully saturated rings. The number of thioether (sulfide) groups is 1. The summed E-state index contributed by atoms with van der Waals surface area (Å²) in [5.74, 6) is 0.901. The van der Waals surface area contributed by atoms with Crippen LogP contribution in [0, 0.1) is 5.92 Å². The van der Waals surface area contributed by atoms with Gasteiger partial charge >= 0.3 is 5.97 Å². The third-order valence-corrected chi connectivity index (χ3v) is 20.1. The lowest BCUT2D eigenvalue weighted by Crippen LogP contribution is -2.48. The lowest BCUT2D eigenvalue weighted by atomic mass is 10.0. The first-order valence-corrected chi connectivity index (χ1v) is 23.9. The van der Waals surface area contributed by atoms with Crippen molar-refractivity contribution in [3.63, 3.8) is 0 Å². The maximum absolute atomic E-state index is 12.5. The smallest absolute Gasteiger partial charge is 0.306 e. The molecule has 2 aromatic heterocycles. The molecule has 0 bridgehead atoms. The number of imidazole rings is 1. The summed E-state index contributed by atoms with van der Waals surface area (Å²) in [5, 5.41) is 0.797. The Morgan fingerprint density at radius 1 is 1.11 bits per heavy atom. The van der Waals surface area contributed by atoms with Gasteiger partial charge in [-0.2, -0.15) is 4.98 Å². The van der Waals surface area contributed by atoms with Crippen molar-refractivity contribution in [3.05, 3.63) is 6.33 Å². The van der Waals surface area contributed by atoms with Crippen LogP contribution in [0.3, 0.4) is 0 Å². The molecule has 3 rings (SSSR count). The van der Waals surface area contributed by atoms with Crippen molar-refractivity contribution in [2.75, 3.05) is 24.7 Å². The zero-order valence-corrected chi connectivity index (χ0v) is 33.4. The Kier molecular flexibility index (Phi) is 13.4. The summed E-state index contributed by atoms with van der Waals surface area (Å²) in [5.41, 5.74) is 7.45. The number of ether oxygens (including phenoxy) is 2. The Labute approximate surface area is 283 Å². The number of hydrogen-bond donors (Lipinski definition) is 1. The van der Waals surface area contributed by atoms with Crippen molar-refractivity contribution in [1.82, 2.24) is 19.5 Å². The second-order valence-electron chi connectivity index (χ2n) is 15.8. The van der Waals surface area contributed by atoms with Gasteiger partial charge in [-0.15, -0.1) is 11.8 Å². The fourth-order valence-corrected chi connectivity index (χ4v) is 8.11. The average Bonchev–Trinajstić information content (AvgIpc) is 3.54. The van der Waals surface area contributed by atoms with E-state index in [4.69, 9.17) is 29.0 Å². The number of nitrogens with zero attached hydrogens (tertiary/aromatic N) is 4. The molecule has 0 saturated carbocycles. The molecule has 0 aliphatic carbocycles. The predicted octanol–water partition coefficient (Wildman–Crippen LogP) is 8.35. The number of nitrogen functional groups attached to an aromatic ring is 1. The number of esters is 1. The number of hydrogen-bond acceptors (Lipinski definition) is 10. The second-order valence-corrected chi connectivity index (χ2v) is 26.4. The SMILES string of the molecule is CCCCC(CC)COC(=O)CCSc1nc(N)nc2c1ncn2[C@H]1C[C@H](O[Si](C)(C)C(C)(C)C)[C@@H](CO[Si](C)(C)C(C)(C)C)O1. The molecule has 13 heteroatoms. The minimum atomic E-state index is -2.09. The third-order valence-electron chi connectivity index (χ3n) is 10.1. The van der Waals surface area contributed by atoms with Crippen LogP contribution in [0.15, 0.2) is 11.4 Å². The number of anilines is 1. The highest BCUT2D eigenvalue weighted by atomic mass is 32.2. The summed E-state index contributed by atoms with van der Waals surface area (Å²) in [6.45, 7) is 27.9. The lowest BCUT2D eigenvalue weighted by Gasteiger charge is -2.40. The van der Waals surface area contributed by atoms with Crippen molar-refractivity contribution in [3.8, 4) is 0 Å². The standard InChI is InChI=1S/C33H61N5O5SSi2/c1-13-15-16-23(14-2)20-40-27(39)17-18-44-30-28-29(36-31(34)37-30)38(22-35-28)26-19-24(43-46(11,12)33(6,7)8)25(42-26)21-41-45(9,10)32(3,4)5/h22-26H,13-21H2,1-12H3,(H2,34,36,37)/t23?,24-,25+,26+/m0/s1. The fourth-order valence-electron chi connectivity index (χ4n) is 4.84. The zero-order chi connectivity index (χ0) is 34.5. The first-order chi connectivity index (χ1) is 21.3. The van der Waals surface area contributed by atoms with Crippen LogP contribution >= 0.6 is 11.8 Å². The summed E-state index contributed by atoms with van der Waals surface area (Å²) in [4.78, 5) is 26.2. The van der Waals surface area contributed by atoms with E-state index in [9.17, 15) is 4.79 Å². The molecular formula is C33H61N5O5SSi2. The summed E-state index contributed by atoms with van der Waals surface area (Å²) in [6, 6.07) is 0. The van der Waals surface area contributed by atoms with E-state index in [0.29, 0.717) is 47.5 Å². The first kappa shape index (κ1) is 38.9. The van der Waals surface area contributed by atoms with Gasteiger partial charge < -0.3 is 24.1 Å². The molecule has 1 saturated heterocycles. The summed E-state index contributed by atoms with van der Waals surface area (Å²) >= 11 is 1.44. The molecule has 46 heavy (non-hydrogen) atoms. The van der Waals surface area contributed by atoms with Gasteiger partial charge in [0.15, 0.2) is 22.3 Å². The van der Waals surface area contributed by atoms with Crippen LogP contribution in [-0.2, 0) is 23.1 Å². The van der Waals surface area contributed by atoms with Crippen LogP contribution in [0.2, 0.25) is 36.3 Å². The van der Waals surface area contributed by atoms with Gasteiger partial charge in [0, 0.05) is 12.2 Å². The summed E-state index contributed by atoms with van der Waals surface area (Å²) in [7, 11) is -4.09. The van der Waals surface area contributed by atoms with Crippen molar-refractivity contribution in [1.29, 1.82) is 0 Å². The minimum Gasteiger partial charge on any atom is -0.465 e. The number of unbranched alkanes of at least 4 members (excludes halogenated alkanes) is 1. The van der Waals surface area contributed by atoms with Gasteiger partial charge in [-0.3, -0.25) is 9.36 Å². The molecule has 0 radical (unpaired) electrons. The monoisotopic (exact) mass is 695 g/mol. The molecule has 0 amide bonds. The van der Waals surface area contributed by atoms with Crippen LogP contribution in [0.4, 0.5) is 5.95 Å². The molecule has 262 valence electrons. The van der Waals surface area contributed by atoms with Crippen molar-refractivity contribution in [2.24, 2.45) is 5.92 Å². The highest BCUT2D eigenvalue weighted by Crippen LogP contribution is 2.43. The summed E-state index contributed by atoms with van der Waals surface area (Å²) in [6.07, 6.45) is 6.42. The van der Waals surface area contributed by atoms with Crippen LogP contribution < -0.4 is 5.73 Å². The number of rotatable bonds is 16. The van der Waals surface area contributed by atoms with Gasteiger partial charge in [-0.25, -0.2) is 9.97 Å². The molecule has 0 aromatic carbocycles. The lowest BCUT2D eigenvalue weighted by molar-refractivity contribution is -0.144. The van der Waals surface area contributed by atoms with Gasteiger partial charge in [-0.05, 0) is 48.6 Å². The van der Waals surface area contributed by atoms with Crippen LogP contribution in [-0.4, -0.2) is 73.3 Å². The first-order valence-electron chi connectivity index (χ1n) is 17.0. The fraction of sp³-hybridized carbons (Fsp3) is 0.818. The van der Waals surface area contributed by atoms with Crippen LogP contribution in [0.5, 0.6) is 0 Å². The van der Waals surface area contributed by atoms with E-state index in [1.807, 2.05) is 4.57 Å². The van der Waals surface area contributed by atoms with Gasteiger partial charge in [0.25, 0.3) is 0 Å². The average molecular weight is 696 g/mol. The second kappa shape index (κ2) is 15.8. The van der Waals surface area contributed by atoms with E-state index in [0.717, 1.165) is 25.7 Å². The zero-order valence-electron chi connectivity index (χ0n) is 30.6. The van der Waals surface area contributed by atoms with Gasteiger partial charge in [-0.1, -0.05) is 74.7 Å². The van der Waals surface area contributed by atoms with E-state index in [1.54, 1.807) is 6.33 Å². The maximum atomic E-state index is 12.5. The molecular weight excluding hydrogens is 635 g/mol. The molecule has 1 aliphatic heterocycles. The van der Waals surface area contributed by atoms with Crippen LogP contribution in [0.25, 0.3) is 11.2 Å². The van der Waals surface area contributed by atoms with E-state index < -0.39 is 16.6 Å². The van der Waals surface area contributed by atoms with Crippen LogP contribution in [0.1, 0.15) is 100 Å². The topological polar surface area (TPSA) is 124 Å². The molecule has 1 unspecified atom stereocenters. The van der Waals surface area contributed by atoms with E-state index >= 15 is 0 Å². The molecule has 3 heterocycles. The van der Waals surface area contributed by atoms with E-state index in [-0.39, 0.29) is 46.9 Å². The maximum Gasteiger partial charge on any atom is 0.306 e. The third kappa shape index (κ3) is 10.0. The van der Waals surface area contributed by atoms with E-state index in [1.165, 1.54) is 11.8 Å². The largest absolute Gasteiger partial charge is 0.465 e. The van der Waals surface area contributed by atoms with Crippen molar-refractivity contribution in [2.45, 2.75) is 154 Å². The molecule has 0 spiro atoms. The van der Waals surface area contributed by atoms with Gasteiger partial charge in [0.2, 0.25) is 5.95 Å². The highest BCUT2D eigenvalue weighted by Gasteiger charge is 2.47. The molecule has 10 nitrogen and oxygen atoms in total. The van der Waals surface area contributed by atoms with Gasteiger partial charge in [0.05, 0.1) is 32.1 Å². The number of carbonyl (C=O) groups is 1. The Morgan fingerprint density at radius 3 is 2.39 bits per heavy atom. The van der Waals surface area contributed by atoms with Gasteiger partial charge in [0.1, 0.15) is 22.9 Å². The molecule has 2 aromatic rings.